The maximum atomic E-state index is 9.96. The fourth-order valence-corrected chi connectivity index (χ4v) is 5.68. The third-order valence-corrected chi connectivity index (χ3v) is 7.52. The fourth-order valence-electron chi connectivity index (χ4n) is 5.68. The molecule has 0 aliphatic rings. The van der Waals surface area contributed by atoms with Gasteiger partial charge in [-0.25, -0.2) is 0 Å². The van der Waals surface area contributed by atoms with Crippen molar-refractivity contribution < 1.29 is 26.0 Å². The lowest BCUT2D eigenvalue weighted by Gasteiger charge is -2.11. The minimum absolute atomic E-state index is 0.109. The van der Waals surface area contributed by atoms with Crippen molar-refractivity contribution in [2.24, 2.45) is 0 Å². The number of rotatable bonds is 4. The summed E-state index contributed by atoms with van der Waals surface area (Å²) in [5.41, 5.74) is -1.55. The van der Waals surface area contributed by atoms with Crippen molar-refractivity contribution in [2.45, 2.75) is 0 Å². The fraction of sp³-hybridized carbons (Fsp3) is 0. The molecule has 0 bridgehead atoms. The van der Waals surface area contributed by atoms with Crippen molar-refractivity contribution in [3.8, 4) is 33.6 Å². The highest BCUT2D eigenvalue weighted by atomic mass is 15.0. The van der Waals surface area contributed by atoms with Gasteiger partial charge in [0.05, 0.1) is 48.1 Å². The molecule has 0 amide bonds. The molecule has 0 fully saturated rings. The van der Waals surface area contributed by atoms with Crippen LogP contribution in [0.1, 0.15) is 26.0 Å². The number of para-hydroxylation sites is 2. The van der Waals surface area contributed by atoms with E-state index in [0.717, 1.165) is 0 Å². The quantitative estimate of drug-likeness (QED) is 0.196. The lowest BCUT2D eigenvalue weighted by molar-refractivity contribution is 1.17. The summed E-state index contributed by atoms with van der Waals surface area (Å²) < 4.78 is 170. The monoisotopic (exact) mass is 579 g/mol. The second-order valence-corrected chi connectivity index (χ2v) is 9.94. The maximum absolute atomic E-state index is 9.96. The van der Waals surface area contributed by atoms with Gasteiger partial charge in [0.2, 0.25) is 0 Å². The van der Waals surface area contributed by atoms with Crippen LogP contribution in [0.5, 0.6) is 0 Å². The number of benzene rings is 7. The van der Waals surface area contributed by atoms with E-state index in [1.165, 1.54) is 9.13 Å². The molecule has 2 heteroatoms. The molecule has 0 saturated heterocycles. The predicted molar refractivity (Wildman–Crippen MR) is 186 cm³/mol. The summed E-state index contributed by atoms with van der Waals surface area (Å²) in [6.45, 7) is 0. The summed E-state index contributed by atoms with van der Waals surface area (Å²) in [5, 5.41) is 1.42. The van der Waals surface area contributed by atoms with Crippen LogP contribution in [0, 0.1) is 0 Å². The van der Waals surface area contributed by atoms with Crippen LogP contribution in [-0.2, 0) is 0 Å². The third-order valence-electron chi connectivity index (χ3n) is 7.52. The van der Waals surface area contributed by atoms with Crippen molar-refractivity contribution in [2.75, 3.05) is 0 Å². The van der Waals surface area contributed by atoms with Crippen molar-refractivity contribution in [1.82, 2.24) is 9.13 Å². The van der Waals surface area contributed by atoms with Crippen LogP contribution in [0.25, 0.3) is 77.2 Å². The lowest BCUT2D eigenvalue weighted by atomic mass is 10.1. The average Bonchev–Trinajstić information content (AvgIpc) is 3.77. The first-order chi connectivity index (χ1) is 29.8. The number of nitrogens with zero attached hydrogens (tertiary/aromatic N) is 2. The highest BCUT2D eigenvalue weighted by Gasteiger charge is 2.18. The molecular weight excluding hydrogens is 532 g/mol. The molecule has 0 aliphatic heterocycles. The van der Waals surface area contributed by atoms with Crippen LogP contribution in [0.2, 0.25) is 0 Å². The van der Waals surface area contributed by atoms with E-state index in [4.69, 9.17) is 21.9 Å². The van der Waals surface area contributed by atoms with E-state index in [-0.39, 0.29) is 33.8 Å². The lowest BCUT2D eigenvalue weighted by Crippen LogP contribution is -1.95. The molecule has 0 N–H and O–H groups in total. The van der Waals surface area contributed by atoms with E-state index in [2.05, 4.69) is 0 Å². The average molecular weight is 580 g/mol. The van der Waals surface area contributed by atoms with Gasteiger partial charge in [0.25, 0.3) is 0 Å². The highest BCUT2D eigenvalue weighted by Crippen LogP contribution is 2.40. The Balaban J connectivity index is 1.45. The molecule has 206 valence electrons. The van der Waals surface area contributed by atoms with E-state index in [9.17, 15) is 4.11 Å². The molecule has 0 saturated carbocycles. The van der Waals surface area contributed by atoms with Crippen LogP contribution in [0.15, 0.2) is 169 Å². The molecule has 2 heterocycles. The number of aromatic nitrogens is 2. The maximum Gasteiger partial charge on any atom is 0.0653 e. The van der Waals surface area contributed by atoms with Crippen LogP contribution in [0.4, 0.5) is 0 Å². The summed E-state index contributed by atoms with van der Waals surface area (Å²) >= 11 is 0. The van der Waals surface area contributed by atoms with E-state index < -0.39 is 131 Å². The molecule has 7 aromatic carbocycles. The third kappa shape index (κ3) is 3.82. The Morgan fingerprint density at radius 2 is 0.841 bits per heavy atom. The van der Waals surface area contributed by atoms with Gasteiger partial charge in [-0.1, -0.05) is 121 Å². The van der Waals surface area contributed by atoms with E-state index >= 15 is 0 Å². The van der Waals surface area contributed by atoms with E-state index in [1.54, 1.807) is 54.6 Å². The molecule has 44 heavy (non-hydrogen) atoms. The smallest absolute Gasteiger partial charge is 0.0653 e. The van der Waals surface area contributed by atoms with Gasteiger partial charge in [0, 0.05) is 32.9 Å². The van der Waals surface area contributed by atoms with Crippen molar-refractivity contribution in [1.29, 1.82) is 0 Å². The van der Waals surface area contributed by atoms with Crippen molar-refractivity contribution >= 4 is 43.6 Å². The van der Waals surface area contributed by atoms with E-state index in [0.29, 0.717) is 27.2 Å². The van der Waals surface area contributed by atoms with Crippen molar-refractivity contribution in [3.63, 3.8) is 0 Å². The summed E-state index contributed by atoms with van der Waals surface area (Å²) in [6, 6.07) is 2.50. The van der Waals surface area contributed by atoms with Gasteiger partial charge in [0.15, 0.2) is 0 Å². The molecule has 0 unspecified atom stereocenters. The first-order valence-corrected chi connectivity index (χ1v) is 13.6. The van der Waals surface area contributed by atoms with Crippen molar-refractivity contribution in [3.05, 3.63) is 169 Å². The Labute approximate surface area is 282 Å². The number of hydrogen-bond acceptors (Lipinski definition) is 0. The molecule has 2 nitrogen and oxygen atoms in total. The second kappa shape index (κ2) is 9.86. The molecule has 9 aromatic rings. The predicted octanol–water partition coefficient (Wildman–Crippen LogP) is 11.2. The van der Waals surface area contributed by atoms with Gasteiger partial charge in [-0.2, -0.15) is 0 Å². The molecule has 2 aromatic heterocycles. The Bertz CT molecular complexity index is 3510. The first-order valence-electron chi connectivity index (χ1n) is 23.1. The minimum atomic E-state index is -0.723. The summed E-state index contributed by atoms with van der Waals surface area (Å²) in [5.74, 6) is 0. The van der Waals surface area contributed by atoms with Crippen LogP contribution < -0.4 is 0 Å². The highest BCUT2D eigenvalue weighted by molar-refractivity contribution is 6.19. The Hall–Kier alpha value is -5.86. The molecule has 9 rings (SSSR count). The normalized spacial score (nSPS) is 17.7. The summed E-state index contributed by atoms with van der Waals surface area (Å²) in [7, 11) is 0. The topological polar surface area (TPSA) is 9.86 Å². The molecule has 0 atom stereocenters. The zero-order valence-electron chi connectivity index (χ0n) is 41.6. The van der Waals surface area contributed by atoms with Gasteiger partial charge in [-0.15, -0.1) is 0 Å². The van der Waals surface area contributed by atoms with Gasteiger partial charge in [-0.3, -0.25) is 0 Å². The molecule has 0 aliphatic carbocycles. The SMILES string of the molecule is [2H]c1c([2H])c([2H])c(-c2c([2H])c([2H])c([2H])c(-n3c4ccccc4c4c([2H])c5c(cc43)c3ccccc3n5-c3c([2H])c([2H])c([2H])c(-c4c([2H])c([2H])c([2H])c([2H])c4[2H])c3[2H])c2[2H])c([2H])c1[2H]. The number of fused-ring (bicyclic) bond motifs is 6. The van der Waals surface area contributed by atoms with Gasteiger partial charge >= 0.3 is 0 Å². The molecule has 0 radical (unpaired) electrons. The summed E-state index contributed by atoms with van der Waals surface area (Å²) in [6.07, 6.45) is 0. The standard InChI is InChI=1S/C42H28N2/c1-3-13-29(14-4-1)31-17-11-19-33(25-31)43-39-23-9-7-21-35(39)37-28-42-38(27-41(37)43)36-22-8-10-24-40(36)44(42)34-20-12-18-32(26-34)30-15-5-2-6-16-30/h1-28H/i1D,2D,3D,4D,5D,6D,11D,12D,13D,14D,15D,16D,17D,18D,19D,20D,25D,26D,27D. The van der Waals surface area contributed by atoms with Gasteiger partial charge in [-0.05, 0) is 70.7 Å². The summed E-state index contributed by atoms with van der Waals surface area (Å²) in [4.78, 5) is 0. The van der Waals surface area contributed by atoms with Gasteiger partial charge in [0.1, 0.15) is 0 Å². The van der Waals surface area contributed by atoms with E-state index in [1.807, 2.05) is 0 Å². The Kier molecular flexibility index (Phi) is 2.78. The molecule has 0 spiro atoms. The van der Waals surface area contributed by atoms with Crippen LogP contribution in [0.3, 0.4) is 0 Å². The van der Waals surface area contributed by atoms with Gasteiger partial charge < -0.3 is 9.13 Å². The molecular formula is C42H28N2. The zero-order chi connectivity index (χ0) is 45.6. The Morgan fingerprint density at radius 1 is 0.364 bits per heavy atom. The number of hydrogen-bond donors (Lipinski definition) is 0. The minimum Gasteiger partial charge on any atom is -0.309 e. The Morgan fingerprint density at radius 3 is 1.41 bits per heavy atom. The largest absolute Gasteiger partial charge is 0.309 e. The second-order valence-electron chi connectivity index (χ2n) is 9.94. The van der Waals surface area contributed by atoms with Crippen LogP contribution >= 0.6 is 0 Å². The zero-order valence-corrected chi connectivity index (χ0v) is 22.6. The van der Waals surface area contributed by atoms with Crippen LogP contribution in [-0.4, -0.2) is 9.13 Å². The first kappa shape index (κ1) is 12.4.